The van der Waals surface area contributed by atoms with Crippen molar-refractivity contribution in [3.8, 4) is 17.1 Å². The molecule has 4 aliphatic carbocycles. The molecule has 4 fully saturated rings. The maximum atomic E-state index is 13.2. The normalized spacial score (nSPS) is 26.7. The minimum atomic E-state index is -0.169. The van der Waals surface area contributed by atoms with Gasteiger partial charge in [0.15, 0.2) is 11.5 Å². The number of hydrogen-bond acceptors (Lipinski definition) is 5. The molecule has 2 heterocycles. The fourth-order valence-corrected chi connectivity index (χ4v) is 7.12. The van der Waals surface area contributed by atoms with Gasteiger partial charge in [-0.25, -0.2) is 14.6 Å². The number of halogens is 1. The van der Waals surface area contributed by atoms with Crippen LogP contribution in [0.2, 0.25) is 5.02 Å². The van der Waals surface area contributed by atoms with E-state index in [-0.39, 0.29) is 5.91 Å². The number of nitrogens with zero attached hydrogens (tertiary/aromatic N) is 4. The Morgan fingerprint density at radius 1 is 1.03 bits per heavy atom. The molecule has 1 amide bonds. The molecule has 2 N–H and O–H groups in total. The Morgan fingerprint density at radius 3 is 2.40 bits per heavy atom. The number of carbonyl (C=O) groups excluding carboxylic acids is 1. The molecule has 1 aromatic carbocycles. The summed E-state index contributed by atoms with van der Waals surface area (Å²) in [4.78, 5) is 21.5. The molecule has 35 heavy (non-hydrogen) atoms. The lowest BCUT2D eigenvalue weighted by Crippen LogP contribution is -2.55. The summed E-state index contributed by atoms with van der Waals surface area (Å²) < 4.78 is 1.71. The van der Waals surface area contributed by atoms with Crippen LogP contribution < -0.4 is 10.6 Å². The third-order valence-electron chi connectivity index (χ3n) is 8.26. The van der Waals surface area contributed by atoms with Crippen LogP contribution in [0.25, 0.3) is 17.1 Å². The first-order chi connectivity index (χ1) is 17.1. The summed E-state index contributed by atoms with van der Waals surface area (Å²) in [6, 6.07) is 9.94. The van der Waals surface area contributed by atoms with E-state index in [4.69, 9.17) is 11.6 Å². The van der Waals surface area contributed by atoms with Crippen molar-refractivity contribution < 1.29 is 4.79 Å². The van der Waals surface area contributed by atoms with Gasteiger partial charge in [0.2, 0.25) is 0 Å². The van der Waals surface area contributed by atoms with E-state index in [9.17, 15) is 4.79 Å². The maximum absolute atomic E-state index is 13.2. The summed E-state index contributed by atoms with van der Waals surface area (Å²) in [5.41, 5.74) is 2.94. The molecule has 2 aromatic heterocycles. The minimum absolute atomic E-state index is 0.169. The number of nitrogens with one attached hydrogen (secondary N) is 2. The molecule has 0 unspecified atom stereocenters. The first-order valence-corrected chi connectivity index (χ1v) is 13.1. The van der Waals surface area contributed by atoms with Gasteiger partial charge < -0.3 is 10.6 Å². The largest absolute Gasteiger partial charge is 0.349 e. The third kappa shape index (κ3) is 4.36. The van der Waals surface area contributed by atoms with Gasteiger partial charge >= 0.3 is 0 Å². The van der Waals surface area contributed by atoms with E-state index >= 15 is 0 Å². The topological polar surface area (TPSA) is 84.7 Å². The predicted octanol–water partition coefficient (Wildman–Crippen LogP) is 4.44. The maximum Gasteiger partial charge on any atom is 0.272 e. The highest BCUT2D eigenvalue weighted by atomic mass is 35.5. The summed E-state index contributed by atoms with van der Waals surface area (Å²) >= 11 is 6.11. The Kier molecular flexibility index (Phi) is 6.06. The fourth-order valence-electron chi connectivity index (χ4n) is 6.99. The Labute approximate surface area is 210 Å². The molecule has 4 bridgehead atoms. The van der Waals surface area contributed by atoms with Crippen molar-refractivity contribution in [1.82, 2.24) is 30.4 Å². The average Bonchev–Trinajstić information content (AvgIpc) is 3.21. The van der Waals surface area contributed by atoms with Gasteiger partial charge in [0.1, 0.15) is 6.33 Å². The monoisotopic (exact) mass is 490 g/mol. The summed E-state index contributed by atoms with van der Waals surface area (Å²) in [5, 5.41) is 12.2. The van der Waals surface area contributed by atoms with Crippen molar-refractivity contribution in [2.75, 3.05) is 13.1 Å². The van der Waals surface area contributed by atoms with Gasteiger partial charge in [-0.3, -0.25) is 4.79 Å². The standard InChI is InChI=1S/C27H31ClN6O/c1-16-24(27(35)31-9-8-30-25-20-11-17-10-18(13-20)14-21(25)12-17)33-34(23-6-7-29-15-32-23)26(16)19-2-4-22(28)5-3-19/h2-7,15,17-18,20-21,25,30H,8-14H2,1H3,(H,31,35). The van der Waals surface area contributed by atoms with Gasteiger partial charge in [-0.05, 0) is 74.8 Å². The summed E-state index contributed by atoms with van der Waals surface area (Å²) in [6.45, 7) is 3.29. The molecule has 0 atom stereocenters. The summed E-state index contributed by atoms with van der Waals surface area (Å²) in [7, 11) is 0. The first kappa shape index (κ1) is 22.7. The van der Waals surface area contributed by atoms with Gasteiger partial charge in [0.25, 0.3) is 5.91 Å². The minimum Gasteiger partial charge on any atom is -0.349 e. The van der Waals surface area contributed by atoms with Crippen LogP contribution in [0.15, 0.2) is 42.9 Å². The van der Waals surface area contributed by atoms with Crippen LogP contribution in [0, 0.1) is 30.6 Å². The van der Waals surface area contributed by atoms with E-state index in [1.165, 1.54) is 38.4 Å². The van der Waals surface area contributed by atoms with Crippen LogP contribution in [0.3, 0.4) is 0 Å². The molecular weight excluding hydrogens is 460 g/mol. The summed E-state index contributed by atoms with van der Waals surface area (Å²) in [6.07, 6.45) is 10.2. The van der Waals surface area contributed by atoms with E-state index in [0.717, 1.165) is 47.0 Å². The van der Waals surface area contributed by atoms with Gasteiger partial charge in [-0.2, -0.15) is 5.10 Å². The van der Waals surface area contributed by atoms with E-state index in [0.29, 0.717) is 29.1 Å². The van der Waals surface area contributed by atoms with Crippen molar-refractivity contribution in [1.29, 1.82) is 0 Å². The molecule has 4 saturated carbocycles. The zero-order chi connectivity index (χ0) is 23.9. The highest BCUT2D eigenvalue weighted by Gasteiger charge is 2.47. The number of amides is 1. The van der Waals surface area contributed by atoms with Gasteiger partial charge in [-0.1, -0.05) is 23.7 Å². The Hall–Kier alpha value is -2.77. The van der Waals surface area contributed by atoms with Gasteiger partial charge in [0.05, 0.1) is 5.69 Å². The molecule has 3 aromatic rings. The fraction of sp³-hybridized carbons (Fsp3) is 0.481. The van der Waals surface area contributed by atoms with E-state index in [1.54, 1.807) is 16.9 Å². The van der Waals surface area contributed by atoms with Crippen LogP contribution >= 0.6 is 11.6 Å². The van der Waals surface area contributed by atoms with Crippen molar-refractivity contribution >= 4 is 17.5 Å². The van der Waals surface area contributed by atoms with Crippen LogP contribution in [0.1, 0.15) is 48.2 Å². The number of carbonyl (C=O) groups is 1. The number of hydrogen-bond donors (Lipinski definition) is 2. The molecule has 8 heteroatoms. The van der Waals surface area contributed by atoms with Crippen molar-refractivity contribution in [2.45, 2.75) is 45.1 Å². The van der Waals surface area contributed by atoms with E-state index in [2.05, 4.69) is 25.7 Å². The Morgan fingerprint density at radius 2 is 1.74 bits per heavy atom. The molecule has 7 nitrogen and oxygen atoms in total. The average molecular weight is 491 g/mol. The third-order valence-corrected chi connectivity index (χ3v) is 8.51. The van der Waals surface area contributed by atoms with Gasteiger partial charge in [0, 0.05) is 47.5 Å². The number of aromatic nitrogens is 4. The first-order valence-electron chi connectivity index (χ1n) is 12.7. The highest BCUT2D eigenvalue weighted by molar-refractivity contribution is 6.30. The van der Waals surface area contributed by atoms with Crippen LogP contribution in [0.4, 0.5) is 0 Å². The van der Waals surface area contributed by atoms with E-state index < -0.39 is 0 Å². The second-order valence-electron chi connectivity index (χ2n) is 10.5. The highest BCUT2D eigenvalue weighted by Crippen LogP contribution is 2.53. The van der Waals surface area contributed by atoms with Crippen LogP contribution in [-0.2, 0) is 0 Å². The predicted molar refractivity (Wildman–Crippen MR) is 136 cm³/mol. The molecule has 182 valence electrons. The molecule has 7 rings (SSSR count). The molecule has 4 aliphatic rings. The van der Waals surface area contributed by atoms with Crippen LogP contribution in [-0.4, -0.2) is 44.8 Å². The van der Waals surface area contributed by atoms with Crippen LogP contribution in [0.5, 0.6) is 0 Å². The quantitative estimate of drug-likeness (QED) is 0.478. The van der Waals surface area contributed by atoms with Crippen molar-refractivity contribution in [3.63, 3.8) is 0 Å². The lowest BCUT2D eigenvalue weighted by atomic mass is 9.54. The number of benzene rings is 1. The zero-order valence-electron chi connectivity index (χ0n) is 20.0. The second-order valence-corrected chi connectivity index (χ2v) is 10.9. The van der Waals surface area contributed by atoms with Crippen molar-refractivity contribution in [3.05, 3.63) is 59.1 Å². The Balaban J connectivity index is 1.16. The van der Waals surface area contributed by atoms with E-state index in [1.807, 2.05) is 31.2 Å². The summed E-state index contributed by atoms with van der Waals surface area (Å²) in [5.74, 6) is 4.04. The lowest BCUT2D eigenvalue weighted by molar-refractivity contribution is -0.0133. The number of rotatable bonds is 7. The Bertz CT molecular complexity index is 1180. The molecule has 0 radical (unpaired) electrons. The molecule has 0 spiro atoms. The second kappa shape index (κ2) is 9.36. The smallest absolute Gasteiger partial charge is 0.272 e. The molecular formula is C27H31ClN6O. The zero-order valence-corrected chi connectivity index (χ0v) is 20.7. The SMILES string of the molecule is Cc1c(C(=O)NCCNC2C3CC4CC(C3)CC2C4)nn(-c2ccncn2)c1-c1ccc(Cl)cc1. The van der Waals surface area contributed by atoms with Crippen molar-refractivity contribution in [2.24, 2.45) is 23.7 Å². The van der Waals surface area contributed by atoms with Gasteiger partial charge in [-0.15, -0.1) is 0 Å². The molecule has 0 saturated heterocycles. The lowest BCUT2D eigenvalue weighted by Gasteiger charge is -2.54. The molecule has 0 aliphatic heterocycles.